The van der Waals surface area contributed by atoms with Gasteiger partial charge in [0.25, 0.3) is 0 Å². The molecule has 2 rings (SSSR count). The second-order valence-corrected chi connectivity index (χ2v) is 5.01. The Labute approximate surface area is 93.0 Å². The molecule has 1 heterocycles. The van der Waals surface area contributed by atoms with Crippen LogP contribution in [0.1, 0.15) is 51.9 Å². The average Bonchev–Trinajstić information content (AvgIpc) is 2.54. The minimum Gasteiger partial charge on any atom is -0.300 e. The Bertz CT molecular complexity index is 227. The normalized spacial score (nSPS) is 34.3. The van der Waals surface area contributed by atoms with Crippen molar-refractivity contribution in [3.05, 3.63) is 0 Å². The van der Waals surface area contributed by atoms with Crippen LogP contribution in [0.15, 0.2) is 0 Å². The topological polar surface area (TPSA) is 20.3 Å². The standard InChI is InChI=1S/C13H23NO/c1-2-14-10-5-3-4-8-12(14)11-7-6-9-13(11)15/h11-12H,2-10H2,1H3. The van der Waals surface area contributed by atoms with E-state index in [9.17, 15) is 4.79 Å². The molecule has 0 spiro atoms. The van der Waals surface area contributed by atoms with Crippen LogP contribution in [0.3, 0.4) is 0 Å². The predicted molar refractivity (Wildman–Crippen MR) is 61.9 cm³/mol. The minimum atomic E-state index is 0.378. The van der Waals surface area contributed by atoms with Crippen LogP contribution < -0.4 is 0 Å². The smallest absolute Gasteiger partial charge is 0.137 e. The lowest BCUT2D eigenvalue weighted by Gasteiger charge is -2.32. The lowest BCUT2D eigenvalue weighted by molar-refractivity contribution is -0.122. The van der Waals surface area contributed by atoms with E-state index in [1.165, 1.54) is 32.2 Å². The maximum atomic E-state index is 11.8. The first-order chi connectivity index (χ1) is 7.33. The summed E-state index contributed by atoms with van der Waals surface area (Å²) < 4.78 is 0. The molecule has 0 aromatic heterocycles. The van der Waals surface area contributed by atoms with E-state index in [2.05, 4.69) is 11.8 Å². The third kappa shape index (κ3) is 2.41. The number of hydrogen-bond donors (Lipinski definition) is 0. The van der Waals surface area contributed by atoms with Gasteiger partial charge in [0.15, 0.2) is 0 Å². The summed E-state index contributed by atoms with van der Waals surface area (Å²) in [5, 5.41) is 0. The van der Waals surface area contributed by atoms with Crippen molar-refractivity contribution in [1.29, 1.82) is 0 Å². The monoisotopic (exact) mass is 209 g/mol. The first-order valence-corrected chi connectivity index (χ1v) is 6.59. The predicted octanol–water partition coefficient (Wildman–Crippen LogP) is 2.62. The lowest BCUT2D eigenvalue weighted by Crippen LogP contribution is -2.41. The number of carbonyl (C=O) groups is 1. The zero-order valence-corrected chi connectivity index (χ0v) is 9.87. The van der Waals surface area contributed by atoms with Crippen LogP contribution in [-0.4, -0.2) is 29.8 Å². The van der Waals surface area contributed by atoms with Gasteiger partial charge < -0.3 is 0 Å². The van der Waals surface area contributed by atoms with Gasteiger partial charge in [-0.2, -0.15) is 0 Å². The second kappa shape index (κ2) is 5.11. The van der Waals surface area contributed by atoms with Crippen LogP contribution in [0.5, 0.6) is 0 Å². The molecule has 2 heteroatoms. The molecule has 1 aliphatic heterocycles. The molecule has 0 N–H and O–H groups in total. The maximum absolute atomic E-state index is 11.8. The fourth-order valence-corrected chi connectivity index (χ4v) is 3.29. The molecule has 0 aromatic rings. The average molecular weight is 209 g/mol. The van der Waals surface area contributed by atoms with Gasteiger partial charge >= 0.3 is 0 Å². The Morgan fingerprint density at radius 2 is 2.07 bits per heavy atom. The van der Waals surface area contributed by atoms with Crippen molar-refractivity contribution in [3.63, 3.8) is 0 Å². The molecule has 1 saturated heterocycles. The van der Waals surface area contributed by atoms with Crippen molar-refractivity contribution in [3.8, 4) is 0 Å². The fraction of sp³-hybridized carbons (Fsp3) is 0.923. The minimum absolute atomic E-state index is 0.378. The molecule has 2 nitrogen and oxygen atoms in total. The SMILES string of the molecule is CCN1CCCCCC1C1CCCC1=O. The molecule has 2 atom stereocenters. The van der Waals surface area contributed by atoms with Gasteiger partial charge in [0.1, 0.15) is 5.78 Å². The number of likely N-dealkylation sites (tertiary alicyclic amines) is 1. The molecule has 2 unspecified atom stereocenters. The zero-order chi connectivity index (χ0) is 10.7. The van der Waals surface area contributed by atoms with Crippen molar-refractivity contribution in [2.45, 2.75) is 57.9 Å². The van der Waals surface area contributed by atoms with Crippen LogP contribution in [0.25, 0.3) is 0 Å². The van der Waals surface area contributed by atoms with Gasteiger partial charge in [-0.3, -0.25) is 9.69 Å². The number of ketones is 1. The summed E-state index contributed by atoms with van der Waals surface area (Å²) in [5.41, 5.74) is 0. The summed E-state index contributed by atoms with van der Waals surface area (Å²) in [6.07, 6.45) is 8.39. The van der Waals surface area contributed by atoms with E-state index in [4.69, 9.17) is 0 Å². The van der Waals surface area contributed by atoms with E-state index in [-0.39, 0.29) is 0 Å². The summed E-state index contributed by atoms with van der Waals surface area (Å²) in [6.45, 7) is 4.57. The number of Topliss-reactive ketones (excluding diaryl/α,β-unsaturated/α-hetero) is 1. The van der Waals surface area contributed by atoms with Gasteiger partial charge in [0.05, 0.1) is 0 Å². The molecule has 0 amide bonds. The summed E-state index contributed by atoms with van der Waals surface area (Å²) >= 11 is 0. The van der Waals surface area contributed by atoms with Gasteiger partial charge in [-0.1, -0.05) is 19.8 Å². The number of nitrogens with zero attached hydrogens (tertiary/aromatic N) is 1. The Morgan fingerprint density at radius 3 is 2.73 bits per heavy atom. The van der Waals surface area contributed by atoms with Crippen molar-refractivity contribution in [1.82, 2.24) is 4.90 Å². The number of carbonyl (C=O) groups excluding carboxylic acids is 1. The van der Waals surface area contributed by atoms with Crippen LogP contribution in [0.2, 0.25) is 0 Å². The van der Waals surface area contributed by atoms with Gasteiger partial charge in [-0.05, 0) is 38.8 Å². The molecule has 0 radical (unpaired) electrons. The zero-order valence-electron chi connectivity index (χ0n) is 9.87. The van der Waals surface area contributed by atoms with E-state index < -0.39 is 0 Å². The Morgan fingerprint density at radius 1 is 1.20 bits per heavy atom. The van der Waals surface area contributed by atoms with Gasteiger partial charge in [-0.15, -0.1) is 0 Å². The van der Waals surface area contributed by atoms with E-state index in [1.54, 1.807) is 0 Å². The number of rotatable bonds is 2. The van der Waals surface area contributed by atoms with Crippen molar-refractivity contribution >= 4 is 5.78 Å². The van der Waals surface area contributed by atoms with Crippen LogP contribution in [0, 0.1) is 5.92 Å². The summed E-state index contributed by atoms with van der Waals surface area (Å²) in [7, 11) is 0. The fourth-order valence-electron chi connectivity index (χ4n) is 3.29. The quantitative estimate of drug-likeness (QED) is 0.697. The second-order valence-electron chi connectivity index (χ2n) is 5.01. The third-order valence-electron chi connectivity index (χ3n) is 4.14. The lowest BCUT2D eigenvalue weighted by atomic mass is 9.92. The Hall–Kier alpha value is -0.370. The number of hydrogen-bond acceptors (Lipinski definition) is 2. The van der Waals surface area contributed by atoms with Crippen LogP contribution in [0.4, 0.5) is 0 Å². The highest BCUT2D eigenvalue weighted by atomic mass is 16.1. The molecule has 0 bridgehead atoms. The van der Waals surface area contributed by atoms with E-state index in [1.807, 2.05) is 0 Å². The Kier molecular flexibility index (Phi) is 3.79. The highest BCUT2D eigenvalue weighted by molar-refractivity contribution is 5.83. The highest BCUT2D eigenvalue weighted by Gasteiger charge is 2.35. The van der Waals surface area contributed by atoms with E-state index >= 15 is 0 Å². The molecule has 1 aliphatic carbocycles. The van der Waals surface area contributed by atoms with Gasteiger partial charge in [0.2, 0.25) is 0 Å². The van der Waals surface area contributed by atoms with Crippen molar-refractivity contribution in [2.24, 2.45) is 5.92 Å². The molecule has 2 aliphatic rings. The van der Waals surface area contributed by atoms with E-state index in [0.717, 1.165) is 25.8 Å². The molecular weight excluding hydrogens is 186 g/mol. The van der Waals surface area contributed by atoms with Crippen LogP contribution >= 0.6 is 0 Å². The van der Waals surface area contributed by atoms with Crippen molar-refractivity contribution < 1.29 is 4.79 Å². The summed E-state index contributed by atoms with van der Waals surface area (Å²) in [6, 6.07) is 0.576. The molecule has 0 aromatic carbocycles. The van der Waals surface area contributed by atoms with Gasteiger partial charge in [0, 0.05) is 18.4 Å². The molecule has 1 saturated carbocycles. The largest absolute Gasteiger partial charge is 0.300 e. The highest BCUT2D eigenvalue weighted by Crippen LogP contribution is 2.31. The molecule has 86 valence electrons. The van der Waals surface area contributed by atoms with Gasteiger partial charge in [-0.25, -0.2) is 0 Å². The van der Waals surface area contributed by atoms with E-state index in [0.29, 0.717) is 17.7 Å². The third-order valence-corrected chi connectivity index (χ3v) is 4.14. The summed E-state index contributed by atoms with van der Waals surface area (Å²) in [4.78, 5) is 14.4. The Balaban J connectivity index is 2.05. The first-order valence-electron chi connectivity index (χ1n) is 6.59. The maximum Gasteiger partial charge on any atom is 0.137 e. The molecular formula is C13H23NO. The van der Waals surface area contributed by atoms with Crippen molar-refractivity contribution in [2.75, 3.05) is 13.1 Å². The molecule has 15 heavy (non-hydrogen) atoms. The molecule has 2 fully saturated rings. The summed E-state index contributed by atoms with van der Waals surface area (Å²) in [5.74, 6) is 0.920. The first kappa shape index (κ1) is 11.1. The van der Waals surface area contributed by atoms with Crippen LogP contribution in [-0.2, 0) is 4.79 Å².